The van der Waals surface area contributed by atoms with Gasteiger partial charge in [-0.2, -0.15) is 0 Å². The number of hydrogen-bond acceptors (Lipinski definition) is 3. The predicted octanol–water partition coefficient (Wildman–Crippen LogP) is 0.646. The highest BCUT2D eigenvalue weighted by molar-refractivity contribution is 5.94. The van der Waals surface area contributed by atoms with E-state index >= 15 is 0 Å². The molecular weight excluding hydrogens is 204 g/mol. The van der Waals surface area contributed by atoms with Crippen LogP contribution < -0.4 is 11.1 Å². The maximum atomic E-state index is 11.8. The molecule has 4 heteroatoms. The van der Waals surface area contributed by atoms with Crippen LogP contribution in [0.1, 0.15) is 29.8 Å². The van der Waals surface area contributed by atoms with Gasteiger partial charge >= 0.3 is 0 Å². The Labute approximate surface area is 95.5 Å². The summed E-state index contributed by atoms with van der Waals surface area (Å²) in [5.41, 5.74) is 6.41. The van der Waals surface area contributed by atoms with E-state index in [4.69, 9.17) is 10.8 Å². The number of hydrogen-bond donors (Lipinski definition) is 3. The van der Waals surface area contributed by atoms with Crippen molar-refractivity contribution in [3.8, 4) is 0 Å². The third-order valence-electron chi connectivity index (χ3n) is 2.30. The first kappa shape index (κ1) is 12.7. The number of amides is 1. The maximum absolute atomic E-state index is 11.8. The fraction of sp³-hybridized carbons (Fsp3) is 0.417. The zero-order valence-electron chi connectivity index (χ0n) is 9.66. The molecule has 0 radical (unpaired) electrons. The van der Waals surface area contributed by atoms with Gasteiger partial charge in [-0.15, -0.1) is 0 Å². The van der Waals surface area contributed by atoms with Gasteiger partial charge < -0.3 is 16.2 Å². The molecule has 16 heavy (non-hydrogen) atoms. The zero-order chi connectivity index (χ0) is 12.2. The van der Waals surface area contributed by atoms with E-state index in [0.29, 0.717) is 12.1 Å². The molecule has 0 saturated carbocycles. The highest BCUT2D eigenvalue weighted by Gasteiger charge is 2.19. The lowest BCUT2D eigenvalue weighted by Crippen LogP contribution is -2.46. The van der Waals surface area contributed by atoms with Crippen molar-refractivity contribution in [2.45, 2.75) is 25.9 Å². The molecule has 0 unspecified atom stereocenters. The highest BCUT2D eigenvalue weighted by Crippen LogP contribution is 2.07. The number of carbonyl (C=O) groups excluding carboxylic acids is 1. The summed E-state index contributed by atoms with van der Waals surface area (Å²) in [6, 6.07) is 7.09. The van der Waals surface area contributed by atoms with E-state index in [1.807, 2.05) is 12.1 Å². The highest BCUT2D eigenvalue weighted by atomic mass is 16.3. The number of benzene rings is 1. The van der Waals surface area contributed by atoms with Crippen molar-refractivity contribution < 1.29 is 9.90 Å². The normalized spacial score (nSPS) is 11.2. The van der Waals surface area contributed by atoms with Crippen LogP contribution in [0.25, 0.3) is 0 Å². The van der Waals surface area contributed by atoms with Crippen LogP contribution in [0.3, 0.4) is 0 Å². The van der Waals surface area contributed by atoms with Crippen molar-refractivity contribution >= 4 is 5.91 Å². The first-order chi connectivity index (χ1) is 7.48. The quantitative estimate of drug-likeness (QED) is 0.700. The van der Waals surface area contributed by atoms with Crippen LogP contribution in [0.2, 0.25) is 0 Å². The number of carbonyl (C=O) groups is 1. The number of aliphatic hydroxyl groups is 1. The average Bonchev–Trinajstić information content (AvgIpc) is 2.28. The van der Waals surface area contributed by atoms with Crippen LogP contribution in [0, 0.1) is 0 Å². The first-order valence-corrected chi connectivity index (χ1v) is 5.21. The predicted molar refractivity (Wildman–Crippen MR) is 63.0 cm³/mol. The number of nitrogens with two attached hydrogens (primary N) is 1. The molecule has 0 aliphatic heterocycles. The molecule has 0 atom stereocenters. The molecule has 4 nitrogen and oxygen atoms in total. The van der Waals surface area contributed by atoms with Gasteiger partial charge in [0.05, 0.1) is 12.1 Å². The van der Waals surface area contributed by atoms with Crippen LogP contribution in [0.5, 0.6) is 0 Å². The smallest absolute Gasteiger partial charge is 0.251 e. The van der Waals surface area contributed by atoms with Gasteiger partial charge in [0.25, 0.3) is 5.91 Å². The van der Waals surface area contributed by atoms with Gasteiger partial charge in [-0.3, -0.25) is 4.79 Å². The molecule has 1 amide bonds. The Hall–Kier alpha value is -1.39. The lowest BCUT2D eigenvalue weighted by molar-refractivity contribution is 0.0869. The van der Waals surface area contributed by atoms with Gasteiger partial charge in [0, 0.05) is 12.1 Å². The molecule has 0 spiro atoms. The minimum absolute atomic E-state index is 0.0976. The van der Waals surface area contributed by atoms with Crippen molar-refractivity contribution in [2.75, 3.05) is 6.61 Å². The molecule has 88 valence electrons. The summed E-state index contributed by atoms with van der Waals surface area (Å²) < 4.78 is 0. The summed E-state index contributed by atoms with van der Waals surface area (Å²) in [6.07, 6.45) is 0. The molecule has 1 rings (SSSR count). The van der Waals surface area contributed by atoms with Crippen molar-refractivity contribution in [3.63, 3.8) is 0 Å². The third-order valence-corrected chi connectivity index (χ3v) is 2.30. The zero-order valence-corrected chi connectivity index (χ0v) is 9.66. The molecule has 0 fully saturated rings. The van der Waals surface area contributed by atoms with Crippen molar-refractivity contribution in [1.29, 1.82) is 0 Å². The van der Waals surface area contributed by atoms with E-state index in [-0.39, 0.29) is 12.5 Å². The second kappa shape index (κ2) is 5.09. The maximum Gasteiger partial charge on any atom is 0.251 e. The lowest BCUT2D eigenvalue weighted by Gasteiger charge is -2.23. The van der Waals surface area contributed by atoms with Crippen molar-refractivity contribution in [1.82, 2.24) is 5.32 Å². The molecule has 4 N–H and O–H groups in total. The fourth-order valence-electron chi connectivity index (χ4n) is 1.21. The Kier molecular flexibility index (Phi) is 4.04. The van der Waals surface area contributed by atoms with Gasteiger partial charge in [-0.05, 0) is 31.5 Å². The second-order valence-corrected chi connectivity index (χ2v) is 4.40. The number of nitrogens with one attached hydrogen (secondary N) is 1. The minimum Gasteiger partial charge on any atom is -0.394 e. The fourth-order valence-corrected chi connectivity index (χ4v) is 1.21. The van der Waals surface area contributed by atoms with Crippen LogP contribution >= 0.6 is 0 Å². The molecule has 0 saturated heterocycles. The van der Waals surface area contributed by atoms with Gasteiger partial charge in [0.2, 0.25) is 0 Å². The van der Waals surface area contributed by atoms with Crippen LogP contribution in [-0.4, -0.2) is 23.2 Å². The van der Waals surface area contributed by atoms with Crippen molar-refractivity contribution in [2.24, 2.45) is 5.73 Å². The number of rotatable bonds is 4. The van der Waals surface area contributed by atoms with Crippen LogP contribution in [0.4, 0.5) is 0 Å². The van der Waals surface area contributed by atoms with Crippen LogP contribution in [0.15, 0.2) is 24.3 Å². The summed E-state index contributed by atoms with van der Waals surface area (Å²) in [6.45, 7) is 3.89. The van der Waals surface area contributed by atoms with Gasteiger partial charge in [0.15, 0.2) is 0 Å². The van der Waals surface area contributed by atoms with E-state index in [2.05, 4.69) is 5.32 Å². The van der Waals surface area contributed by atoms with Crippen LogP contribution in [-0.2, 0) is 6.54 Å². The SMILES string of the molecule is CC(C)(CO)NC(=O)c1ccc(CN)cc1. The molecular formula is C12H18N2O2. The van der Waals surface area contributed by atoms with Gasteiger partial charge in [-0.1, -0.05) is 12.1 Å². The summed E-state index contributed by atoms with van der Waals surface area (Å²) >= 11 is 0. The van der Waals surface area contributed by atoms with E-state index in [9.17, 15) is 4.79 Å². The molecule has 0 aromatic heterocycles. The largest absolute Gasteiger partial charge is 0.394 e. The Bertz CT molecular complexity index is 358. The summed E-state index contributed by atoms with van der Waals surface area (Å²) in [7, 11) is 0. The Balaban J connectivity index is 2.73. The lowest BCUT2D eigenvalue weighted by atomic mass is 10.1. The minimum atomic E-state index is -0.608. The van der Waals surface area contributed by atoms with E-state index in [1.54, 1.807) is 26.0 Å². The molecule has 0 aliphatic rings. The average molecular weight is 222 g/mol. The Morgan fingerprint density at radius 3 is 2.38 bits per heavy atom. The molecule has 0 aliphatic carbocycles. The van der Waals surface area contributed by atoms with Crippen molar-refractivity contribution in [3.05, 3.63) is 35.4 Å². The third kappa shape index (κ3) is 3.32. The number of aliphatic hydroxyl groups excluding tert-OH is 1. The van der Waals surface area contributed by atoms with Gasteiger partial charge in [-0.25, -0.2) is 0 Å². The first-order valence-electron chi connectivity index (χ1n) is 5.21. The van der Waals surface area contributed by atoms with E-state index in [0.717, 1.165) is 5.56 Å². The Morgan fingerprint density at radius 1 is 1.38 bits per heavy atom. The summed E-state index contributed by atoms with van der Waals surface area (Å²) in [4.78, 5) is 11.8. The summed E-state index contributed by atoms with van der Waals surface area (Å²) in [5.74, 6) is -0.192. The Morgan fingerprint density at radius 2 is 1.94 bits per heavy atom. The monoisotopic (exact) mass is 222 g/mol. The molecule has 0 bridgehead atoms. The second-order valence-electron chi connectivity index (χ2n) is 4.40. The molecule has 0 heterocycles. The van der Waals surface area contributed by atoms with E-state index in [1.165, 1.54) is 0 Å². The van der Waals surface area contributed by atoms with E-state index < -0.39 is 5.54 Å². The standard InChI is InChI=1S/C12H18N2O2/c1-12(2,8-15)14-11(16)10-5-3-9(7-13)4-6-10/h3-6,15H,7-8,13H2,1-2H3,(H,14,16). The molecule has 1 aromatic rings. The molecule has 1 aromatic carbocycles. The van der Waals surface area contributed by atoms with Gasteiger partial charge in [0.1, 0.15) is 0 Å². The topological polar surface area (TPSA) is 75.3 Å². The summed E-state index contributed by atoms with van der Waals surface area (Å²) in [5, 5.41) is 11.8.